The van der Waals surface area contributed by atoms with E-state index in [0.717, 1.165) is 23.1 Å². The Morgan fingerprint density at radius 3 is 3.00 bits per heavy atom. The predicted molar refractivity (Wildman–Crippen MR) is 60.9 cm³/mol. The number of anilines is 1. The number of aryl methyl sites for hydroxylation is 1. The summed E-state index contributed by atoms with van der Waals surface area (Å²) >= 11 is 3.37. The van der Waals surface area contributed by atoms with Crippen LogP contribution in [0.4, 0.5) is 5.13 Å². The van der Waals surface area contributed by atoms with Crippen molar-refractivity contribution >= 4 is 27.8 Å². The van der Waals surface area contributed by atoms with Crippen molar-refractivity contribution in [1.29, 1.82) is 0 Å². The van der Waals surface area contributed by atoms with Crippen LogP contribution in [0.1, 0.15) is 16.8 Å². The van der Waals surface area contributed by atoms with Gasteiger partial charge in [-0.25, -0.2) is 9.97 Å². The Labute approximate surface area is 90.9 Å². The van der Waals surface area contributed by atoms with Crippen LogP contribution < -0.4 is 5.32 Å². The van der Waals surface area contributed by atoms with Crippen LogP contribution in [0.25, 0.3) is 0 Å². The average molecular weight is 225 g/mol. The van der Waals surface area contributed by atoms with Crippen molar-refractivity contribution in [3.8, 4) is 0 Å². The summed E-state index contributed by atoms with van der Waals surface area (Å²) < 4.78 is 0. The molecule has 0 bridgehead atoms. The van der Waals surface area contributed by atoms with Crippen LogP contribution in [-0.4, -0.2) is 9.97 Å². The minimum atomic E-state index is 0.776. The quantitative estimate of drug-likeness (QED) is 0.869. The Kier molecular flexibility index (Phi) is 3.10. The highest BCUT2D eigenvalue weighted by molar-refractivity contribution is 7.13. The van der Waals surface area contributed by atoms with E-state index in [0.29, 0.717) is 0 Å². The third kappa shape index (κ3) is 2.30. The molecule has 0 aliphatic rings. The lowest BCUT2D eigenvalue weighted by Gasteiger charge is -1.97. The van der Waals surface area contributed by atoms with E-state index < -0.39 is 0 Å². The maximum atomic E-state index is 4.32. The van der Waals surface area contributed by atoms with Gasteiger partial charge in [0.1, 0.15) is 5.01 Å². The number of aromatic nitrogens is 2. The molecule has 0 aliphatic carbocycles. The van der Waals surface area contributed by atoms with Crippen molar-refractivity contribution in [3.05, 3.63) is 27.7 Å². The van der Waals surface area contributed by atoms with Crippen molar-refractivity contribution in [2.24, 2.45) is 0 Å². The Morgan fingerprint density at radius 2 is 2.36 bits per heavy atom. The predicted octanol–water partition coefficient (Wildman–Crippen LogP) is 2.77. The lowest BCUT2D eigenvalue weighted by atomic mass is 10.4. The monoisotopic (exact) mass is 225 g/mol. The molecule has 0 amide bonds. The second kappa shape index (κ2) is 4.52. The van der Waals surface area contributed by atoms with E-state index in [4.69, 9.17) is 0 Å². The Morgan fingerprint density at radius 1 is 1.43 bits per heavy atom. The lowest BCUT2D eigenvalue weighted by Crippen LogP contribution is -1.97. The molecule has 3 nitrogen and oxygen atoms in total. The van der Waals surface area contributed by atoms with Crippen LogP contribution in [0.5, 0.6) is 0 Å². The fourth-order valence-corrected chi connectivity index (χ4v) is 2.39. The first kappa shape index (κ1) is 9.61. The van der Waals surface area contributed by atoms with Gasteiger partial charge < -0.3 is 5.32 Å². The van der Waals surface area contributed by atoms with Gasteiger partial charge in [-0.2, -0.15) is 0 Å². The van der Waals surface area contributed by atoms with Crippen LogP contribution in [0, 0.1) is 0 Å². The van der Waals surface area contributed by atoms with E-state index in [1.807, 2.05) is 11.6 Å². The summed E-state index contributed by atoms with van der Waals surface area (Å²) in [6, 6.07) is 0. The summed E-state index contributed by atoms with van der Waals surface area (Å²) in [5, 5.41) is 7.27. The van der Waals surface area contributed by atoms with Crippen molar-refractivity contribution in [3.63, 3.8) is 0 Å². The van der Waals surface area contributed by atoms with E-state index in [2.05, 4.69) is 22.2 Å². The largest absolute Gasteiger partial charge is 0.355 e. The highest BCUT2D eigenvalue weighted by Crippen LogP contribution is 2.16. The molecule has 5 heteroatoms. The molecule has 0 spiro atoms. The first-order chi connectivity index (χ1) is 6.88. The molecule has 0 saturated carbocycles. The molecule has 0 radical (unpaired) electrons. The van der Waals surface area contributed by atoms with Crippen molar-refractivity contribution in [2.75, 3.05) is 5.32 Å². The van der Waals surface area contributed by atoms with Crippen molar-refractivity contribution in [1.82, 2.24) is 9.97 Å². The third-order valence-corrected chi connectivity index (χ3v) is 3.65. The average Bonchev–Trinajstić information content (AvgIpc) is 2.86. The molecule has 2 aromatic rings. The molecular weight excluding hydrogens is 214 g/mol. The van der Waals surface area contributed by atoms with Gasteiger partial charge in [-0.3, -0.25) is 0 Å². The molecular formula is C9H11N3S2. The summed E-state index contributed by atoms with van der Waals surface area (Å²) in [6.07, 6.45) is 4.81. The fourth-order valence-electron chi connectivity index (χ4n) is 1.06. The molecule has 2 heterocycles. The van der Waals surface area contributed by atoms with Gasteiger partial charge in [-0.1, -0.05) is 6.92 Å². The van der Waals surface area contributed by atoms with Crippen LogP contribution >= 0.6 is 22.7 Å². The molecule has 0 fully saturated rings. The minimum absolute atomic E-state index is 0.776. The minimum Gasteiger partial charge on any atom is -0.355 e. The number of hydrogen-bond acceptors (Lipinski definition) is 5. The normalized spacial score (nSPS) is 10.4. The molecule has 1 N–H and O–H groups in total. The Bertz CT molecular complexity index is 380. The molecule has 0 atom stereocenters. The van der Waals surface area contributed by atoms with Crippen LogP contribution in [0.2, 0.25) is 0 Å². The number of hydrogen-bond donors (Lipinski definition) is 1. The molecule has 2 aromatic heterocycles. The van der Waals surface area contributed by atoms with Gasteiger partial charge in [-0.15, -0.1) is 22.7 Å². The van der Waals surface area contributed by atoms with Crippen LogP contribution in [-0.2, 0) is 13.0 Å². The zero-order valence-corrected chi connectivity index (χ0v) is 9.49. The second-order valence-corrected chi connectivity index (χ2v) is 4.86. The summed E-state index contributed by atoms with van der Waals surface area (Å²) in [5.74, 6) is 0. The summed E-state index contributed by atoms with van der Waals surface area (Å²) in [5.41, 5.74) is 0. The highest BCUT2D eigenvalue weighted by Gasteiger charge is 2.00. The smallest absolute Gasteiger partial charge is 0.182 e. The van der Waals surface area contributed by atoms with E-state index in [1.54, 1.807) is 28.9 Å². The first-order valence-electron chi connectivity index (χ1n) is 4.45. The first-order valence-corrected chi connectivity index (χ1v) is 6.15. The van der Waals surface area contributed by atoms with Gasteiger partial charge in [0.2, 0.25) is 0 Å². The zero-order valence-electron chi connectivity index (χ0n) is 7.86. The van der Waals surface area contributed by atoms with Crippen LogP contribution in [0.3, 0.4) is 0 Å². The van der Waals surface area contributed by atoms with Crippen molar-refractivity contribution < 1.29 is 0 Å². The molecule has 74 valence electrons. The number of thiazole rings is 2. The molecule has 0 aromatic carbocycles. The second-order valence-electron chi connectivity index (χ2n) is 2.76. The van der Waals surface area contributed by atoms with Crippen molar-refractivity contribution in [2.45, 2.75) is 19.9 Å². The molecule has 14 heavy (non-hydrogen) atoms. The highest BCUT2D eigenvalue weighted by atomic mass is 32.1. The lowest BCUT2D eigenvalue weighted by molar-refractivity contribution is 1.09. The fraction of sp³-hybridized carbons (Fsp3) is 0.333. The third-order valence-electron chi connectivity index (χ3n) is 1.77. The van der Waals surface area contributed by atoms with Crippen LogP contribution in [0.15, 0.2) is 17.8 Å². The Hall–Kier alpha value is -0.940. The van der Waals surface area contributed by atoms with E-state index in [-0.39, 0.29) is 0 Å². The van der Waals surface area contributed by atoms with Gasteiger partial charge >= 0.3 is 0 Å². The van der Waals surface area contributed by atoms with Gasteiger partial charge in [0.15, 0.2) is 5.13 Å². The topological polar surface area (TPSA) is 37.8 Å². The number of nitrogens with zero attached hydrogens (tertiary/aromatic N) is 2. The SMILES string of the molecule is CCc1cnc(CNc2nccs2)s1. The van der Waals surface area contributed by atoms with Gasteiger partial charge in [0.25, 0.3) is 0 Å². The number of nitrogens with one attached hydrogen (secondary N) is 1. The van der Waals surface area contributed by atoms with Gasteiger partial charge in [0, 0.05) is 22.7 Å². The molecule has 0 aliphatic heterocycles. The van der Waals surface area contributed by atoms with Gasteiger partial charge in [0.05, 0.1) is 6.54 Å². The zero-order chi connectivity index (χ0) is 9.80. The standard InChI is InChI=1S/C9H11N3S2/c1-2-7-5-11-8(14-7)6-12-9-10-3-4-13-9/h3-5H,2,6H2,1H3,(H,10,12). The van der Waals surface area contributed by atoms with E-state index >= 15 is 0 Å². The molecule has 0 saturated heterocycles. The summed E-state index contributed by atoms with van der Waals surface area (Å²) in [6.45, 7) is 2.92. The Balaban J connectivity index is 1.92. The maximum absolute atomic E-state index is 4.32. The van der Waals surface area contributed by atoms with E-state index in [9.17, 15) is 0 Å². The maximum Gasteiger partial charge on any atom is 0.182 e. The van der Waals surface area contributed by atoms with E-state index in [1.165, 1.54) is 4.88 Å². The summed E-state index contributed by atoms with van der Waals surface area (Å²) in [4.78, 5) is 9.80. The molecule has 0 unspecified atom stereocenters. The molecule has 2 rings (SSSR count). The summed E-state index contributed by atoms with van der Waals surface area (Å²) in [7, 11) is 0. The number of rotatable bonds is 4. The van der Waals surface area contributed by atoms with Gasteiger partial charge in [-0.05, 0) is 6.42 Å².